The lowest BCUT2D eigenvalue weighted by molar-refractivity contribution is -0.115. The van der Waals surface area contributed by atoms with Gasteiger partial charge in [0.25, 0.3) is 0 Å². The van der Waals surface area contributed by atoms with Crippen molar-refractivity contribution < 1.29 is 9.18 Å². The Hall–Kier alpha value is -3.68. The van der Waals surface area contributed by atoms with Gasteiger partial charge in [0.1, 0.15) is 11.5 Å². The van der Waals surface area contributed by atoms with E-state index in [-0.39, 0.29) is 23.4 Å². The van der Waals surface area contributed by atoms with Crippen LogP contribution in [-0.4, -0.2) is 48.6 Å². The molecule has 6 nitrogen and oxygen atoms in total. The van der Waals surface area contributed by atoms with E-state index >= 15 is 4.39 Å². The third-order valence-electron chi connectivity index (χ3n) is 6.74. The number of anilines is 2. The molecule has 0 radical (unpaired) electrons. The quantitative estimate of drug-likeness (QED) is 0.399. The Bertz CT molecular complexity index is 1480. The number of likely N-dealkylation sites (N-methyl/N-ethyl adjacent to an activating group) is 1. The Morgan fingerprint density at radius 2 is 1.68 bits per heavy atom. The highest BCUT2D eigenvalue weighted by Crippen LogP contribution is 2.27. The lowest BCUT2D eigenvalue weighted by Crippen LogP contribution is -2.44. The fourth-order valence-electron chi connectivity index (χ4n) is 4.67. The molecule has 1 N–H and O–H groups in total. The van der Waals surface area contributed by atoms with Gasteiger partial charge in [-0.25, -0.2) is 4.39 Å². The molecule has 5 rings (SSSR count). The lowest BCUT2D eigenvalue weighted by atomic mass is 10.1. The molecule has 0 spiro atoms. The predicted molar refractivity (Wildman–Crippen MR) is 147 cm³/mol. The van der Waals surface area contributed by atoms with Gasteiger partial charge in [-0.3, -0.25) is 9.59 Å². The van der Waals surface area contributed by atoms with Gasteiger partial charge in [-0.2, -0.15) is 0 Å². The summed E-state index contributed by atoms with van der Waals surface area (Å²) in [6.45, 7) is 3.49. The van der Waals surface area contributed by atoms with Crippen LogP contribution in [-0.2, 0) is 17.8 Å². The van der Waals surface area contributed by atoms with Gasteiger partial charge < -0.3 is 19.7 Å². The molecule has 1 amide bonds. The van der Waals surface area contributed by atoms with Gasteiger partial charge >= 0.3 is 0 Å². The normalized spacial score (nSPS) is 14.2. The Morgan fingerprint density at radius 1 is 0.973 bits per heavy atom. The molecular formula is C29H28ClFN4O2. The van der Waals surface area contributed by atoms with Crippen LogP contribution in [0.25, 0.3) is 10.9 Å². The fourth-order valence-corrected chi connectivity index (χ4v) is 4.80. The van der Waals surface area contributed by atoms with Gasteiger partial charge in [-0.1, -0.05) is 54.1 Å². The summed E-state index contributed by atoms with van der Waals surface area (Å²) in [5.41, 5.74) is 2.59. The van der Waals surface area contributed by atoms with Gasteiger partial charge in [0.2, 0.25) is 11.3 Å². The van der Waals surface area contributed by atoms with Crippen LogP contribution < -0.4 is 15.6 Å². The number of amides is 1. The van der Waals surface area contributed by atoms with E-state index in [1.165, 1.54) is 6.07 Å². The van der Waals surface area contributed by atoms with Crippen LogP contribution in [0.2, 0.25) is 5.02 Å². The third-order valence-corrected chi connectivity index (χ3v) is 6.99. The van der Waals surface area contributed by atoms with Crippen molar-refractivity contribution in [3.8, 4) is 0 Å². The number of pyridine rings is 1. The Labute approximate surface area is 219 Å². The first-order valence-electron chi connectivity index (χ1n) is 12.3. The van der Waals surface area contributed by atoms with Crippen molar-refractivity contribution in [1.82, 2.24) is 9.47 Å². The molecule has 1 aliphatic rings. The second-order valence-electron chi connectivity index (χ2n) is 9.45. The molecule has 0 aliphatic carbocycles. The summed E-state index contributed by atoms with van der Waals surface area (Å²) < 4.78 is 17.2. The highest BCUT2D eigenvalue weighted by Gasteiger charge is 2.21. The molecule has 0 saturated carbocycles. The largest absolute Gasteiger partial charge is 0.367 e. The van der Waals surface area contributed by atoms with Crippen molar-refractivity contribution in [3.05, 3.63) is 105 Å². The van der Waals surface area contributed by atoms with Crippen molar-refractivity contribution in [2.75, 3.05) is 43.4 Å². The number of fused-ring (bicyclic) bond motifs is 1. The van der Waals surface area contributed by atoms with Crippen molar-refractivity contribution in [2.24, 2.45) is 0 Å². The maximum absolute atomic E-state index is 15.4. The molecule has 1 saturated heterocycles. The summed E-state index contributed by atoms with van der Waals surface area (Å²) in [6, 6.07) is 19.8. The van der Waals surface area contributed by atoms with Crippen molar-refractivity contribution >= 4 is 39.8 Å². The van der Waals surface area contributed by atoms with Gasteiger partial charge in [0, 0.05) is 43.9 Å². The average Bonchev–Trinajstić information content (AvgIpc) is 2.89. The molecule has 190 valence electrons. The van der Waals surface area contributed by atoms with E-state index in [1.807, 2.05) is 59.0 Å². The van der Waals surface area contributed by atoms with E-state index in [9.17, 15) is 9.59 Å². The number of carbonyl (C=O) groups is 1. The van der Waals surface area contributed by atoms with E-state index in [0.717, 1.165) is 24.2 Å². The van der Waals surface area contributed by atoms with Gasteiger partial charge in [-0.05, 0) is 42.4 Å². The van der Waals surface area contributed by atoms with Crippen LogP contribution in [0.3, 0.4) is 0 Å². The van der Waals surface area contributed by atoms with Crippen molar-refractivity contribution in [1.29, 1.82) is 0 Å². The minimum atomic E-state index is -0.444. The molecule has 1 aromatic heterocycles. The van der Waals surface area contributed by atoms with Crippen LogP contribution in [0, 0.1) is 5.82 Å². The molecule has 3 aromatic carbocycles. The first kappa shape index (κ1) is 25.0. The number of nitrogens with one attached hydrogen (secondary N) is 1. The molecule has 0 bridgehead atoms. The van der Waals surface area contributed by atoms with E-state index in [0.29, 0.717) is 35.9 Å². The number of rotatable bonds is 6. The average molecular weight is 519 g/mol. The number of carbonyl (C=O) groups excluding carboxylic acids is 1. The van der Waals surface area contributed by atoms with E-state index in [4.69, 9.17) is 11.6 Å². The van der Waals surface area contributed by atoms with Crippen LogP contribution >= 0.6 is 11.6 Å². The van der Waals surface area contributed by atoms with Crippen LogP contribution in [0.5, 0.6) is 0 Å². The zero-order chi connectivity index (χ0) is 25.9. The molecule has 37 heavy (non-hydrogen) atoms. The van der Waals surface area contributed by atoms with E-state index in [1.54, 1.807) is 24.4 Å². The number of nitrogens with zero attached hydrogens (tertiary/aromatic N) is 3. The highest BCUT2D eigenvalue weighted by atomic mass is 35.5. The highest BCUT2D eigenvalue weighted by molar-refractivity contribution is 6.30. The number of benzene rings is 3. The van der Waals surface area contributed by atoms with Crippen LogP contribution in [0.4, 0.5) is 15.8 Å². The Balaban J connectivity index is 1.56. The van der Waals surface area contributed by atoms with Gasteiger partial charge in [-0.15, -0.1) is 0 Å². The fraction of sp³-hybridized carbons (Fsp3) is 0.241. The SMILES string of the molecule is CN1CCN(c2cc3c(cc2F)c(=O)c(NC(=O)Cc2ccccc2)cn3Cc2ccc(Cl)cc2)CC1. The maximum Gasteiger partial charge on any atom is 0.228 e. The summed E-state index contributed by atoms with van der Waals surface area (Å²) in [5.74, 6) is -0.754. The van der Waals surface area contributed by atoms with Crippen LogP contribution in [0.15, 0.2) is 77.7 Å². The molecule has 2 heterocycles. The maximum atomic E-state index is 15.4. The van der Waals surface area contributed by atoms with E-state index < -0.39 is 11.2 Å². The molecular weight excluding hydrogens is 491 g/mol. The number of halogens is 2. The number of hydrogen-bond donors (Lipinski definition) is 1. The zero-order valence-corrected chi connectivity index (χ0v) is 21.3. The van der Waals surface area contributed by atoms with E-state index in [2.05, 4.69) is 10.2 Å². The smallest absolute Gasteiger partial charge is 0.228 e. The summed E-state index contributed by atoms with van der Waals surface area (Å²) in [5, 5.41) is 3.61. The first-order chi connectivity index (χ1) is 17.9. The molecule has 0 unspecified atom stereocenters. The Morgan fingerprint density at radius 3 is 2.38 bits per heavy atom. The Kier molecular flexibility index (Phi) is 7.26. The lowest BCUT2D eigenvalue weighted by Gasteiger charge is -2.34. The predicted octanol–water partition coefficient (Wildman–Crippen LogP) is 4.78. The number of aromatic nitrogens is 1. The molecule has 1 fully saturated rings. The summed E-state index contributed by atoms with van der Waals surface area (Å²) in [4.78, 5) is 30.4. The molecule has 4 aromatic rings. The second-order valence-corrected chi connectivity index (χ2v) is 9.88. The summed E-state index contributed by atoms with van der Waals surface area (Å²) in [6.07, 6.45) is 1.78. The van der Waals surface area contributed by atoms with Crippen molar-refractivity contribution in [2.45, 2.75) is 13.0 Å². The first-order valence-corrected chi connectivity index (χ1v) is 12.6. The third kappa shape index (κ3) is 5.68. The minimum Gasteiger partial charge on any atom is -0.367 e. The number of hydrogen-bond acceptors (Lipinski definition) is 4. The monoisotopic (exact) mass is 518 g/mol. The van der Waals surface area contributed by atoms with Crippen molar-refractivity contribution in [3.63, 3.8) is 0 Å². The number of piperazine rings is 1. The van der Waals surface area contributed by atoms with Crippen LogP contribution in [0.1, 0.15) is 11.1 Å². The van der Waals surface area contributed by atoms with Gasteiger partial charge in [0.15, 0.2) is 0 Å². The zero-order valence-electron chi connectivity index (χ0n) is 20.6. The summed E-state index contributed by atoms with van der Waals surface area (Å²) in [7, 11) is 2.05. The summed E-state index contributed by atoms with van der Waals surface area (Å²) >= 11 is 6.07. The van der Waals surface area contributed by atoms with Gasteiger partial charge in [0.05, 0.1) is 23.0 Å². The molecule has 1 aliphatic heterocycles. The standard InChI is InChI=1S/C29H28ClFN4O2/c1-33-11-13-34(14-12-33)27-17-26-23(16-24(27)31)29(37)25(32-28(36)15-20-5-3-2-4-6-20)19-35(26)18-21-7-9-22(30)10-8-21/h2-10,16-17,19H,11-15,18H2,1H3,(H,32,36). The molecule has 0 atom stereocenters. The topological polar surface area (TPSA) is 57.6 Å². The second kappa shape index (κ2) is 10.7. The minimum absolute atomic E-state index is 0.120. The molecule has 8 heteroatoms.